The Hall–Kier alpha value is -1.03. The summed E-state index contributed by atoms with van der Waals surface area (Å²) in [5, 5.41) is 0. The van der Waals surface area contributed by atoms with Crippen molar-refractivity contribution in [1.29, 1.82) is 0 Å². The van der Waals surface area contributed by atoms with E-state index in [2.05, 4.69) is 15.9 Å². The number of Topliss-reactive ketones (excluding diaryl/α,β-unsaturated/α-hetero) is 1. The summed E-state index contributed by atoms with van der Waals surface area (Å²) < 4.78 is 11.2. The van der Waals surface area contributed by atoms with E-state index in [-0.39, 0.29) is 11.7 Å². The van der Waals surface area contributed by atoms with Crippen molar-refractivity contribution in [3.63, 3.8) is 0 Å². The molecular weight excluding hydrogens is 296 g/mol. The first-order valence-electron chi connectivity index (χ1n) is 6.04. The molecule has 98 valence electrons. The lowest BCUT2D eigenvalue weighted by Gasteiger charge is -2.15. The van der Waals surface area contributed by atoms with Crippen LogP contribution in [0, 0.1) is 11.8 Å². The second-order valence-electron chi connectivity index (χ2n) is 4.65. The van der Waals surface area contributed by atoms with Crippen molar-refractivity contribution >= 4 is 21.7 Å². The summed E-state index contributed by atoms with van der Waals surface area (Å²) in [6.07, 6.45) is 2.32. The fourth-order valence-corrected chi connectivity index (χ4v) is 2.81. The van der Waals surface area contributed by atoms with Crippen molar-refractivity contribution in [1.82, 2.24) is 0 Å². The van der Waals surface area contributed by atoms with Crippen LogP contribution in [0.3, 0.4) is 0 Å². The molecule has 1 saturated carbocycles. The zero-order chi connectivity index (χ0) is 13.3. The first-order chi connectivity index (χ1) is 8.60. The van der Waals surface area contributed by atoms with E-state index in [1.54, 1.807) is 26.4 Å². The highest BCUT2D eigenvalue weighted by Gasteiger charge is 2.34. The summed E-state index contributed by atoms with van der Waals surface area (Å²) in [6, 6.07) is 3.57. The molecule has 4 heteroatoms. The molecule has 1 aliphatic carbocycles. The summed E-state index contributed by atoms with van der Waals surface area (Å²) in [4.78, 5) is 12.4. The summed E-state index contributed by atoms with van der Waals surface area (Å²) in [6.45, 7) is 2.00. The Morgan fingerprint density at radius 1 is 1.33 bits per heavy atom. The van der Waals surface area contributed by atoms with E-state index < -0.39 is 0 Å². The maximum atomic E-state index is 12.4. The van der Waals surface area contributed by atoms with Gasteiger partial charge in [0, 0.05) is 5.92 Å². The Kier molecular flexibility index (Phi) is 3.95. The molecule has 1 fully saturated rings. The number of methoxy groups -OCH3 is 2. The lowest BCUT2D eigenvalue weighted by molar-refractivity contribution is 0.0913. The number of carbonyl (C=O) groups is 1. The van der Waals surface area contributed by atoms with E-state index in [1.807, 2.05) is 6.92 Å². The molecule has 2 rings (SSSR count). The Bertz CT molecular complexity index is 466. The van der Waals surface area contributed by atoms with E-state index in [4.69, 9.17) is 9.47 Å². The van der Waals surface area contributed by atoms with Gasteiger partial charge >= 0.3 is 0 Å². The predicted molar refractivity (Wildman–Crippen MR) is 73.5 cm³/mol. The number of hydrogen-bond donors (Lipinski definition) is 0. The normalized spacial score (nSPS) is 16.2. The summed E-state index contributed by atoms with van der Waals surface area (Å²) in [5.74, 6) is 1.99. The maximum Gasteiger partial charge on any atom is 0.169 e. The fraction of sp³-hybridized carbons (Fsp3) is 0.500. The van der Waals surface area contributed by atoms with E-state index >= 15 is 0 Å². The molecule has 0 N–H and O–H groups in total. The minimum Gasteiger partial charge on any atom is -0.495 e. The number of carbonyl (C=O) groups excluding carboxylic acids is 1. The van der Waals surface area contributed by atoms with Gasteiger partial charge in [-0.05, 0) is 46.8 Å². The van der Waals surface area contributed by atoms with E-state index in [9.17, 15) is 4.79 Å². The molecule has 0 aliphatic heterocycles. The van der Waals surface area contributed by atoms with Crippen molar-refractivity contribution in [3.8, 4) is 11.5 Å². The SMILES string of the molecule is COc1ccc(C(=O)C(C)C2CC2)c(OC)c1Br. The number of ketones is 1. The minimum absolute atomic E-state index is 0.0687. The second kappa shape index (κ2) is 5.31. The minimum atomic E-state index is 0.0687. The third-order valence-electron chi connectivity index (χ3n) is 3.49. The zero-order valence-electron chi connectivity index (χ0n) is 10.8. The van der Waals surface area contributed by atoms with Crippen LogP contribution in [0.5, 0.6) is 11.5 Å². The van der Waals surface area contributed by atoms with Crippen LogP contribution in [0.2, 0.25) is 0 Å². The molecule has 1 atom stereocenters. The molecule has 1 unspecified atom stereocenters. The number of benzene rings is 1. The lowest BCUT2D eigenvalue weighted by Crippen LogP contribution is -2.14. The van der Waals surface area contributed by atoms with Crippen molar-refractivity contribution in [2.45, 2.75) is 19.8 Å². The largest absolute Gasteiger partial charge is 0.495 e. The van der Waals surface area contributed by atoms with Gasteiger partial charge in [0.2, 0.25) is 0 Å². The van der Waals surface area contributed by atoms with Gasteiger partial charge in [0.15, 0.2) is 5.78 Å². The highest BCUT2D eigenvalue weighted by atomic mass is 79.9. The third kappa shape index (κ3) is 2.39. The fourth-order valence-electron chi connectivity index (χ4n) is 2.14. The molecule has 1 aliphatic rings. The summed E-state index contributed by atoms with van der Waals surface area (Å²) in [5.41, 5.74) is 0.629. The van der Waals surface area contributed by atoms with Crippen LogP contribution in [0.15, 0.2) is 16.6 Å². The van der Waals surface area contributed by atoms with Crippen LogP contribution >= 0.6 is 15.9 Å². The second-order valence-corrected chi connectivity index (χ2v) is 5.45. The van der Waals surface area contributed by atoms with Crippen LogP contribution in [0.25, 0.3) is 0 Å². The molecule has 0 saturated heterocycles. The Labute approximate surface area is 116 Å². The maximum absolute atomic E-state index is 12.4. The van der Waals surface area contributed by atoms with Crippen molar-refractivity contribution in [3.05, 3.63) is 22.2 Å². The number of hydrogen-bond acceptors (Lipinski definition) is 3. The van der Waals surface area contributed by atoms with E-state index in [0.29, 0.717) is 27.5 Å². The van der Waals surface area contributed by atoms with Gasteiger partial charge in [-0.1, -0.05) is 6.92 Å². The molecule has 0 aromatic heterocycles. The Morgan fingerprint density at radius 2 is 2.00 bits per heavy atom. The summed E-state index contributed by atoms with van der Waals surface area (Å²) in [7, 11) is 3.16. The molecule has 0 spiro atoms. The van der Waals surface area contributed by atoms with Crippen molar-refractivity contribution in [2.24, 2.45) is 11.8 Å². The molecule has 3 nitrogen and oxygen atoms in total. The van der Waals surface area contributed by atoms with Gasteiger partial charge in [0.25, 0.3) is 0 Å². The third-order valence-corrected chi connectivity index (χ3v) is 4.24. The van der Waals surface area contributed by atoms with Gasteiger partial charge in [0.1, 0.15) is 16.0 Å². The van der Waals surface area contributed by atoms with Crippen LogP contribution in [-0.2, 0) is 0 Å². The van der Waals surface area contributed by atoms with E-state index in [1.165, 1.54) is 0 Å². The van der Waals surface area contributed by atoms with Gasteiger partial charge in [-0.3, -0.25) is 4.79 Å². The molecular formula is C14H17BrO3. The van der Waals surface area contributed by atoms with Crippen LogP contribution in [0.1, 0.15) is 30.1 Å². The van der Waals surface area contributed by atoms with Gasteiger partial charge < -0.3 is 9.47 Å². The van der Waals surface area contributed by atoms with E-state index in [0.717, 1.165) is 12.8 Å². The topological polar surface area (TPSA) is 35.5 Å². The van der Waals surface area contributed by atoms with Crippen LogP contribution < -0.4 is 9.47 Å². The lowest BCUT2D eigenvalue weighted by atomic mass is 9.94. The first-order valence-corrected chi connectivity index (χ1v) is 6.84. The van der Waals surface area contributed by atoms with Crippen LogP contribution in [-0.4, -0.2) is 20.0 Å². The molecule has 0 amide bonds. The molecule has 0 radical (unpaired) electrons. The average molecular weight is 313 g/mol. The molecule has 0 bridgehead atoms. The number of halogens is 1. The monoisotopic (exact) mass is 312 g/mol. The summed E-state index contributed by atoms with van der Waals surface area (Å²) >= 11 is 3.42. The Balaban J connectivity index is 2.37. The zero-order valence-corrected chi connectivity index (χ0v) is 12.4. The molecule has 0 heterocycles. The smallest absolute Gasteiger partial charge is 0.169 e. The highest BCUT2D eigenvalue weighted by molar-refractivity contribution is 9.10. The molecule has 1 aromatic carbocycles. The average Bonchev–Trinajstić information content (AvgIpc) is 3.20. The predicted octanol–water partition coefficient (Wildman–Crippen LogP) is 3.70. The highest BCUT2D eigenvalue weighted by Crippen LogP contribution is 2.42. The van der Waals surface area contributed by atoms with Gasteiger partial charge in [-0.25, -0.2) is 0 Å². The van der Waals surface area contributed by atoms with Gasteiger partial charge in [-0.15, -0.1) is 0 Å². The molecule has 18 heavy (non-hydrogen) atoms. The molecule has 1 aromatic rings. The first kappa shape index (κ1) is 13.4. The quantitative estimate of drug-likeness (QED) is 0.778. The number of rotatable bonds is 5. The van der Waals surface area contributed by atoms with Crippen molar-refractivity contribution in [2.75, 3.05) is 14.2 Å². The number of ether oxygens (including phenoxy) is 2. The Morgan fingerprint density at radius 3 is 2.50 bits per heavy atom. The van der Waals surface area contributed by atoms with Gasteiger partial charge in [-0.2, -0.15) is 0 Å². The van der Waals surface area contributed by atoms with Gasteiger partial charge in [0.05, 0.1) is 19.8 Å². The van der Waals surface area contributed by atoms with Crippen molar-refractivity contribution < 1.29 is 14.3 Å². The standard InChI is InChI=1S/C14H17BrO3/c1-8(9-4-5-9)13(16)10-6-7-11(17-2)12(15)14(10)18-3/h6-9H,4-5H2,1-3H3. The van der Waals surface area contributed by atoms with Crippen LogP contribution in [0.4, 0.5) is 0 Å².